The first-order chi connectivity index (χ1) is 17.9. The standard InChI is InChI=1S/C32H40N2O3/c1-5-20-33-32(36)30(22-26-10-7-6-8-11-26)34(23-27-12-9-13-29(21-27)37-4)31(35)19-16-25-14-17-28(18-15-25)24(2)3/h6-15,17-18,21,24,30H,5,16,19-20,22-23H2,1-4H3,(H,33,36). The zero-order valence-electron chi connectivity index (χ0n) is 22.6. The molecule has 1 unspecified atom stereocenters. The molecule has 2 amide bonds. The molecule has 5 heteroatoms. The molecule has 37 heavy (non-hydrogen) atoms. The summed E-state index contributed by atoms with van der Waals surface area (Å²) < 4.78 is 5.40. The summed E-state index contributed by atoms with van der Waals surface area (Å²) in [6.07, 6.45) is 2.24. The number of amides is 2. The molecule has 0 saturated heterocycles. The number of ether oxygens (including phenoxy) is 1. The molecule has 0 saturated carbocycles. The van der Waals surface area contributed by atoms with E-state index in [0.29, 0.717) is 38.3 Å². The molecular formula is C32H40N2O3. The molecule has 196 valence electrons. The summed E-state index contributed by atoms with van der Waals surface area (Å²) in [6.45, 7) is 7.28. The maximum atomic E-state index is 13.8. The lowest BCUT2D eigenvalue weighted by Crippen LogP contribution is -2.50. The highest BCUT2D eigenvalue weighted by Crippen LogP contribution is 2.20. The van der Waals surface area contributed by atoms with Gasteiger partial charge in [-0.1, -0.05) is 87.5 Å². The van der Waals surface area contributed by atoms with Crippen molar-refractivity contribution in [1.82, 2.24) is 10.2 Å². The van der Waals surface area contributed by atoms with Gasteiger partial charge in [0, 0.05) is 25.9 Å². The number of carbonyl (C=O) groups is 2. The van der Waals surface area contributed by atoms with Crippen molar-refractivity contribution in [1.29, 1.82) is 0 Å². The van der Waals surface area contributed by atoms with Gasteiger partial charge in [-0.2, -0.15) is 0 Å². The molecule has 1 atom stereocenters. The van der Waals surface area contributed by atoms with Gasteiger partial charge in [0.2, 0.25) is 11.8 Å². The number of hydrogen-bond donors (Lipinski definition) is 1. The van der Waals surface area contributed by atoms with Crippen molar-refractivity contribution in [3.05, 3.63) is 101 Å². The van der Waals surface area contributed by atoms with Gasteiger partial charge in [-0.25, -0.2) is 0 Å². The van der Waals surface area contributed by atoms with Gasteiger partial charge >= 0.3 is 0 Å². The summed E-state index contributed by atoms with van der Waals surface area (Å²) in [4.78, 5) is 28.9. The fourth-order valence-electron chi connectivity index (χ4n) is 4.35. The van der Waals surface area contributed by atoms with Gasteiger partial charge in [-0.3, -0.25) is 9.59 Å². The molecule has 3 rings (SSSR count). The van der Waals surface area contributed by atoms with E-state index >= 15 is 0 Å². The van der Waals surface area contributed by atoms with Gasteiger partial charge in [0.1, 0.15) is 11.8 Å². The van der Waals surface area contributed by atoms with Crippen LogP contribution < -0.4 is 10.1 Å². The van der Waals surface area contributed by atoms with Crippen LogP contribution in [0.25, 0.3) is 0 Å². The topological polar surface area (TPSA) is 58.6 Å². The van der Waals surface area contributed by atoms with Crippen LogP contribution in [0.2, 0.25) is 0 Å². The van der Waals surface area contributed by atoms with E-state index < -0.39 is 6.04 Å². The van der Waals surface area contributed by atoms with E-state index in [9.17, 15) is 9.59 Å². The number of nitrogens with zero attached hydrogens (tertiary/aromatic N) is 1. The van der Waals surface area contributed by atoms with E-state index in [0.717, 1.165) is 28.9 Å². The first-order valence-electron chi connectivity index (χ1n) is 13.2. The molecule has 0 bridgehead atoms. The van der Waals surface area contributed by atoms with Crippen LogP contribution in [0.4, 0.5) is 0 Å². The number of benzene rings is 3. The Hall–Kier alpha value is -3.60. The quantitative estimate of drug-likeness (QED) is 0.317. The molecule has 0 fully saturated rings. The Morgan fingerprint density at radius 2 is 1.59 bits per heavy atom. The molecular weight excluding hydrogens is 460 g/mol. The average molecular weight is 501 g/mol. The molecule has 0 heterocycles. The van der Waals surface area contributed by atoms with Crippen molar-refractivity contribution in [3.63, 3.8) is 0 Å². The van der Waals surface area contributed by atoms with Crippen LogP contribution >= 0.6 is 0 Å². The minimum Gasteiger partial charge on any atom is -0.497 e. The zero-order chi connectivity index (χ0) is 26.6. The van der Waals surface area contributed by atoms with Crippen LogP contribution in [0.1, 0.15) is 61.8 Å². The van der Waals surface area contributed by atoms with Gasteiger partial charge < -0.3 is 15.0 Å². The van der Waals surface area contributed by atoms with E-state index in [1.165, 1.54) is 5.56 Å². The summed E-state index contributed by atoms with van der Waals surface area (Å²) >= 11 is 0. The summed E-state index contributed by atoms with van der Waals surface area (Å²) in [5.41, 5.74) is 4.35. The van der Waals surface area contributed by atoms with E-state index in [-0.39, 0.29) is 11.8 Å². The minimum atomic E-state index is -0.615. The van der Waals surface area contributed by atoms with Gasteiger partial charge in [0.15, 0.2) is 0 Å². The fraction of sp³-hybridized carbons (Fsp3) is 0.375. The highest BCUT2D eigenvalue weighted by molar-refractivity contribution is 5.88. The van der Waals surface area contributed by atoms with E-state index in [1.807, 2.05) is 61.5 Å². The highest BCUT2D eigenvalue weighted by atomic mass is 16.5. The third-order valence-corrected chi connectivity index (χ3v) is 6.58. The molecule has 3 aromatic carbocycles. The van der Waals surface area contributed by atoms with Crippen LogP contribution in [-0.2, 0) is 29.0 Å². The van der Waals surface area contributed by atoms with Crippen LogP contribution in [0.15, 0.2) is 78.9 Å². The number of nitrogens with one attached hydrogen (secondary N) is 1. The first kappa shape index (κ1) is 28.0. The number of hydrogen-bond acceptors (Lipinski definition) is 3. The molecule has 1 N–H and O–H groups in total. The number of rotatable bonds is 13. The van der Waals surface area contributed by atoms with Crippen LogP contribution in [0.5, 0.6) is 5.75 Å². The van der Waals surface area contributed by atoms with Gasteiger partial charge in [-0.15, -0.1) is 0 Å². The molecule has 0 aliphatic rings. The summed E-state index contributed by atoms with van der Waals surface area (Å²) in [7, 11) is 1.63. The molecule has 3 aromatic rings. The Morgan fingerprint density at radius 3 is 2.24 bits per heavy atom. The predicted molar refractivity (Wildman–Crippen MR) is 150 cm³/mol. The first-order valence-corrected chi connectivity index (χ1v) is 13.2. The lowest BCUT2D eigenvalue weighted by molar-refractivity contribution is -0.141. The number of methoxy groups -OCH3 is 1. The van der Waals surface area contributed by atoms with Crippen molar-refractivity contribution in [3.8, 4) is 5.75 Å². The second-order valence-electron chi connectivity index (χ2n) is 9.77. The Balaban J connectivity index is 1.88. The fourth-order valence-corrected chi connectivity index (χ4v) is 4.35. The zero-order valence-corrected chi connectivity index (χ0v) is 22.6. The SMILES string of the molecule is CCCNC(=O)C(Cc1ccccc1)N(Cc1cccc(OC)c1)C(=O)CCc1ccc(C(C)C)cc1. The third kappa shape index (κ3) is 8.49. The van der Waals surface area contributed by atoms with Crippen molar-refractivity contribution >= 4 is 11.8 Å². The normalized spacial score (nSPS) is 11.7. The van der Waals surface area contributed by atoms with Crippen molar-refractivity contribution in [2.45, 2.75) is 65.0 Å². The summed E-state index contributed by atoms with van der Waals surface area (Å²) in [6, 6.07) is 25.4. The molecule has 0 aromatic heterocycles. The maximum Gasteiger partial charge on any atom is 0.243 e. The van der Waals surface area contributed by atoms with Crippen LogP contribution in [-0.4, -0.2) is 36.4 Å². The number of aryl methyl sites for hydroxylation is 1. The highest BCUT2D eigenvalue weighted by Gasteiger charge is 2.30. The monoisotopic (exact) mass is 500 g/mol. The summed E-state index contributed by atoms with van der Waals surface area (Å²) in [5.74, 6) is 1.03. The largest absolute Gasteiger partial charge is 0.497 e. The predicted octanol–water partition coefficient (Wildman–Crippen LogP) is 5.92. The van der Waals surface area contributed by atoms with Crippen molar-refractivity contribution in [2.24, 2.45) is 0 Å². The smallest absolute Gasteiger partial charge is 0.243 e. The Kier molecular flexibility index (Phi) is 10.8. The second kappa shape index (κ2) is 14.2. The number of carbonyl (C=O) groups excluding carboxylic acids is 2. The summed E-state index contributed by atoms with van der Waals surface area (Å²) in [5, 5.41) is 3.03. The van der Waals surface area contributed by atoms with Gasteiger partial charge in [0.25, 0.3) is 0 Å². The van der Waals surface area contributed by atoms with Crippen LogP contribution in [0.3, 0.4) is 0 Å². The maximum absolute atomic E-state index is 13.8. The van der Waals surface area contributed by atoms with Gasteiger partial charge in [0.05, 0.1) is 7.11 Å². The van der Waals surface area contributed by atoms with Crippen molar-refractivity contribution in [2.75, 3.05) is 13.7 Å². The molecule has 0 spiro atoms. The average Bonchev–Trinajstić information content (AvgIpc) is 2.93. The molecule has 0 radical (unpaired) electrons. The lowest BCUT2D eigenvalue weighted by Gasteiger charge is -2.32. The van der Waals surface area contributed by atoms with E-state index in [1.54, 1.807) is 12.0 Å². The van der Waals surface area contributed by atoms with Gasteiger partial charge in [-0.05, 0) is 53.1 Å². The Labute approximate surface area is 221 Å². The Morgan fingerprint density at radius 1 is 0.892 bits per heavy atom. The third-order valence-electron chi connectivity index (χ3n) is 6.58. The molecule has 0 aliphatic heterocycles. The van der Waals surface area contributed by atoms with E-state index in [2.05, 4.69) is 43.4 Å². The van der Waals surface area contributed by atoms with Crippen molar-refractivity contribution < 1.29 is 14.3 Å². The lowest BCUT2D eigenvalue weighted by atomic mass is 9.99. The molecule has 5 nitrogen and oxygen atoms in total. The second-order valence-corrected chi connectivity index (χ2v) is 9.77. The molecule has 0 aliphatic carbocycles. The Bertz CT molecular complexity index is 1130. The minimum absolute atomic E-state index is 0.0386. The van der Waals surface area contributed by atoms with Crippen LogP contribution in [0, 0.1) is 0 Å². The van der Waals surface area contributed by atoms with E-state index in [4.69, 9.17) is 4.74 Å².